The number of alkyl halides is 1. The molecule has 3 N–H and O–H groups in total. The number of halogens is 1. The highest BCUT2D eigenvalue weighted by Crippen LogP contribution is 2.45. The number of carbonyl (C=O) groups excluding carboxylic acids is 1. The number of hydrogen-bond acceptors (Lipinski definition) is 3. The van der Waals surface area contributed by atoms with Gasteiger partial charge in [0, 0.05) is 6.92 Å². The Morgan fingerprint density at radius 2 is 2.08 bits per heavy atom. The largest absolute Gasteiger partial charge is 0.343 e. The lowest BCUT2D eigenvalue weighted by atomic mass is 10.4. The van der Waals surface area contributed by atoms with E-state index in [1.54, 1.807) is 0 Å². The quantitative estimate of drug-likeness (QED) is 0.281. The molecule has 0 radical (unpaired) electrons. The summed E-state index contributed by atoms with van der Waals surface area (Å²) in [6, 6.07) is 0. The van der Waals surface area contributed by atoms with Crippen LogP contribution in [-0.4, -0.2) is 37.6 Å². The molecule has 1 amide bonds. The molecule has 0 aliphatic heterocycles. The van der Waals surface area contributed by atoms with Crippen molar-refractivity contribution in [3.05, 3.63) is 0 Å². The summed E-state index contributed by atoms with van der Waals surface area (Å²) in [6.45, 7) is 0.926. The zero-order valence-corrected chi connectivity index (χ0v) is 8.57. The van der Waals surface area contributed by atoms with Crippen molar-refractivity contribution in [2.75, 3.05) is 6.54 Å². The highest BCUT2D eigenvalue weighted by Gasteiger charge is 2.26. The summed E-state index contributed by atoms with van der Waals surface area (Å²) < 4.78 is 10.5. The third kappa shape index (κ3) is 5.23. The van der Waals surface area contributed by atoms with Gasteiger partial charge in [0.2, 0.25) is 5.91 Å². The Morgan fingerprint density at radius 3 is 2.38 bits per heavy atom. The molecule has 0 saturated carbocycles. The Morgan fingerprint density at radius 1 is 1.62 bits per heavy atom. The van der Waals surface area contributed by atoms with Crippen LogP contribution in [0, 0.1) is 0 Å². The minimum absolute atomic E-state index is 0.165. The molecule has 6 nitrogen and oxygen atoms in total. The summed E-state index contributed by atoms with van der Waals surface area (Å²) >= 11 is 5.29. The second-order valence-electron chi connectivity index (χ2n) is 2.45. The molecule has 0 fully saturated rings. The Kier molecular flexibility index (Phi) is 4.88. The lowest BCUT2D eigenvalue weighted by Crippen LogP contribution is -2.27. The van der Waals surface area contributed by atoms with Crippen LogP contribution in [0.4, 0.5) is 0 Å². The molecule has 0 aliphatic rings. The lowest BCUT2D eigenvalue weighted by Gasteiger charge is -2.15. The van der Waals surface area contributed by atoms with Gasteiger partial charge in [-0.05, 0) is 6.42 Å². The smallest absolute Gasteiger partial charge is 0.323 e. The Labute approximate surface area is 80.2 Å². The lowest BCUT2D eigenvalue weighted by molar-refractivity contribution is -0.162. The van der Waals surface area contributed by atoms with Crippen molar-refractivity contribution in [1.82, 2.24) is 5.06 Å². The number of nitrogens with zero attached hydrogens (tertiary/aromatic N) is 1. The zero-order chi connectivity index (χ0) is 10.6. The van der Waals surface area contributed by atoms with Crippen molar-refractivity contribution >= 4 is 25.1 Å². The van der Waals surface area contributed by atoms with Crippen molar-refractivity contribution in [3.63, 3.8) is 0 Å². The fourth-order valence-corrected chi connectivity index (χ4v) is 1.10. The molecule has 0 aromatic carbocycles. The molecule has 0 bridgehead atoms. The first-order valence-electron chi connectivity index (χ1n) is 3.41. The normalized spacial score (nSPS) is 13.9. The van der Waals surface area contributed by atoms with Crippen LogP contribution in [0.25, 0.3) is 0 Å². The number of rotatable bonds is 4. The Bertz CT molecular complexity index is 229. The number of carbonyl (C=O) groups is 1. The minimum atomic E-state index is -4.33. The van der Waals surface area contributed by atoms with Crippen LogP contribution in [0.1, 0.15) is 13.3 Å². The summed E-state index contributed by atoms with van der Waals surface area (Å²) in [5.41, 5.74) is 0. The maximum absolute atomic E-state index is 10.5. The molecule has 0 aliphatic carbocycles. The Balaban J connectivity index is 3.91. The van der Waals surface area contributed by atoms with Crippen LogP contribution in [0.5, 0.6) is 0 Å². The van der Waals surface area contributed by atoms with E-state index >= 15 is 0 Å². The van der Waals surface area contributed by atoms with Gasteiger partial charge in [-0.3, -0.25) is 14.6 Å². The molecule has 78 valence electrons. The first kappa shape index (κ1) is 12.9. The predicted molar refractivity (Wildman–Crippen MR) is 45.5 cm³/mol. The molecule has 1 atom stereocenters. The molecule has 0 aromatic rings. The van der Waals surface area contributed by atoms with Crippen molar-refractivity contribution in [2.45, 2.75) is 18.5 Å². The zero-order valence-electron chi connectivity index (χ0n) is 6.92. The van der Waals surface area contributed by atoms with E-state index in [9.17, 15) is 9.36 Å². The highest BCUT2D eigenvalue weighted by molar-refractivity contribution is 7.54. The van der Waals surface area contributed by atoms with Gasteiger partial charge in [-0.2, -0.15) is 0 Å². The molecule has 1 unspecified atom stereocenters. The molecular formula is C5H11ClNO5P. The second kappa shape index (κ2) is 4.93. The van der Waals surface area contributed by atoms with E-state index in [0.29, 0.717) is 5.06 Å². The molecule has 13 heavy (non-hydrogen) atoms. The van der Waals surface area contributed by atoms with E-state index < -0.39 is 18.6 Å². The molecule has 0 rings (SSSR count). The van der Waals surface area contributed by atoms with Crippen molar-refractivity contribution < 1.29 is 24.4 Å². The fraction of sp³-hybridized carbons (Fsp3) is 0.800. The summed E-state index contributed by atoms with van der Waals surface area (Å²) in [5.74, 6) is -0.602. The number of hydrogen-bond donors (Lipinski definition) is 3. The first-order valence-corrected chi connectivity index (χ1v) is 5.53. The van der Waals surface area contributed by atoms with Crippen LogP contribution in [0.15, 0.2) is 0 Å². The third-order valence-electron chi connectivity index (χ3n) is 1.31. The molecular weight excluding hydrogens is 220 g/mol. The molecule has 8 heteroatoms. The predicted octanol–water partition coefficient (Wildman–Crippen LogP) is 0.357. The second-order valence-corrected chi connectivity index (χ2v) is 5.09. The van der Waals surface area contributed by atoms with E-state index in [2.05, 4.69) is 0 Å². The maximum atomic E-state index is 10.5. The topological polar surface area (TPSA) is 98.1 Å². The van der Waals surface area contributed by atoms with Crippen LogP contribution in [-0.2, 0) is 9.36 Å². The van der Waals surface area contributed by atoms with Gasteiger partial charge in [0.05, 0.1) is 6.54 Å². The van der Waals surface area contributed by atoms with E-state index in [1.165, 1.54) is 0 Å². The molecule has 0 saturated heterocycles. The van der Waals surface area contributed by atoms with E-state index in [0.717, 1.165) is 6.92 Å². The maximum Gasteiger partial charge on any atom is 0.343 e. The van der Waals surface area contributed by atoms with Gasteiger partial charge < -0.3 is 9.79 Å². The first-order chi connectivity index (χ1) is 5.75. The van der Waals surface area contributed by atoms with Crippen LogP contribution >= 0.6 is 19.2 Å². The molecule has 0 spiro atoms. The van der Waals surface area contributed by atoms with Crippen LogP contribution in [0.3, 0.4) is 0 Å². The standard InChI is InChI=1S/C5H11ClNO5P/c1-4(8)7(9)3-2-5(6)13(10,11)12/h5,9H,2-3H2,1H3,(H2,10,11,12). The van der Waals surface area contributed by atoms with Gasteiger partial charge in [0.25, 0.3) is 0 Å². The summed E-state index contributed by atoms with van der Waals surface area (Å²) in [5, 5.41) is 7.79. The van der Waals surface area contributed by atoms with Crippen LogP contribution in [0.2, 0.25) is 0 Å². The van der Waals surface area contributed by atoms with E-state index in [-0.39, 0.29) is 13.0 Å². The number of hydroxylamine groups is 2. The Hall–Kier alpha value is -0.130. The highest BCUT2D eigenvalue weighted by atomic mass is 35.5. The van der Waals surface area contributed by atoms with Gasteiger partial charge in [0.15, 0.2) is 0 Å². The van der Waals surface area contributed by atoms with Gasteiger partial charge in [-0.15, -0.1) is 11.6 Å². The van der Waals surface area contributed by atoms with Gasteiger partial charge >= 0.3 is 7.60 Å². The molecule has 0 heterocycles. The van der Waals surface area contributed by atoms with Gasteiger partial charge in [-0.1, -0.05) is 0 Å². The third-order valence-corrected chi connectivity index (χ3v) is 3.28. The van der Waals surface area contributed by atoms with Crippen molar-refractivity contribution in [3.8, 4) is 0 Å². The van der Waals surface area contributed by atoms with Gasteiger partial charge in [0.1, 0.15) is 5.12 Å². The average Bonchev–Trinajstić information content (AvgIpc) is 1.97. The van der Waals surface area contributed by atoms with Gasteiger partial charge in [-0.25, -0.2) is 5.06 Å². The van der Waals surface area contributed by atoms with E-state index in [4.69, 9.17) is 26.6 Å². The van der Waals surface area contributed by atoms with E-state index in [1.807, 2.05) is 0 Å². The summed E-state index contributed by atoms with van der Waals surface area (Å²) in [7, 11) is -4.33. The van der Waals surface area contributed by atoms with Crippen LogP contribution < -0.4 is 0 Å². The van der Waals surface area contributed by atoms with Crippen molar-refractivity contribution in [2.24, 2.45) is 0 Å². The minimum Gasteiger partial charge on any atom is -0.323 e. The monoisotopic (exact) mass is 231 g/mol. The molecule has 0 aromatic heterocycles. The SMILES string of the molecule is CC(=O)N(O)CCC(Cl)P(=O)(O)O. The summed E-state index contributed by atoms with van der Waals surface area (Å²) in [4.78, 5) is 27.5. The number of amides is 1. The average molecular weight is 232 g/mol. The van der Waals surface area contributed by atoms with Crippen molar-refractivity contribution in [1.29, 1.82) is 0 Å². The summed E-state index contributed by atoms with van der Waals surface area (Å²) in [6.07, 6.45) is -0.165. The fourth-order valence-electron chi connectivity index (χ4n) is 0.554.